The van der Waals surface area contributed by atoms with Crippen LogP contribution in [0, 0.1) is 6.92 Å². The van der Waals surface area contributed by atoms with Crippen molar-refractivity contribution in [1.29, 1.82) is 0 Å². The van der Waals surface area contributed by atoms with Gasteiger partial charge in [0.15, 0.2) is 0 Å². The quantitative estimate of drug-likeness (QED) is 0.665. The van der Waals surface area contributed by atoms with Gasteiger partial charge in [-0.05, 0) is 31.4 Å². The van der Waals surface area contributed by atoms with Gasteiger partial charge in [-0.15, -0.1) is 0 Å². The number of nitrogens with zero attached hydrogens (tertiary/aromatic N) is 1. The second-order valence-corrected chi connectivity index (χ2v) is 4.55. The summed E-state index contributed by atoms with van der Waals surface area (Å²) in [7, 11) is 0. The molecule has 0 radical (unpaired) electrons. The lowest BCUT2D eigenvalue weighted by atomic mass is 10.1. The van der Waals surface area contributed by atoms with Crippen LogP contribution in [-0.4, -0.2) is 30.0 Å². The van der Waals surface area contributed by atoms with Crippen molar-refractivity contribution in [1.82, 2.24) is 4.90 Å². The Labute approximate surface area is 95.0 Å². The molecule has 1 saturated heterocycles. The van der Waals surface area contributed by atoms with Crippen molar-refractivity contribution in [3.63, 3.8) is 0 Å². The summed E-state index contributed by atoms with van der Waals surface area (Å²) >= 11 is 0. The van der Waals surface area contributed by atoms with Gasteiger partial charge in [0.25, 0.3) is 5.91 Å². The molecule has 1 fully saturated rings. The largest absolute Gasteiger partial charge is 0.491 e. The molecule has 0 saturated carbocycles. The Morgan fingerprint density at radius 2 is 2.31 bits per heavy atom. The van der Waals surface area contributed by atoms with Crippen molar-refractivity contribution in [3.8, 4) is 5.75 Å². The normalized spacial score (nSPS) is 23.4. The van der Waals surface area contributed by atoms with Crippen molar-refractivity contribution in [2.24, 2.45) is 0 Å². The van der Waals surface area contributed by atoms with Crippen molar-refractivity contribution in [3.05, 3.63) is 29.3 Å². The summed E-state index contributed by atoms with van der Waals surface area (Å²) in [6.07, 6.45) is 2.17. The van der Waals surface area contributed by atoms with Crippen LogP contribution in [0.15, 0.2) is 18.2 Å². The van der Waals surface area contributed by atoms with Crippen molar-refractivity contribution < 1.29 is 9.53 Å². The molecule has 2 heterocycles. The summed E-state index contributed by atoms with van der Waals surface area (Å²) < 4.78 is 5.75. The van der Waals surface area contributed by atoms with Crippen LogP contribution in [0.1, 0.15) is 28.8 Å². The van der Waals surface area contributed by atoms with Crippen LogP contribution < -0.4 is 4.74 Å². The van der Waals surface area contributed by atoms with Crippen LogP contribution >= 0.6 is 0 Å². The van der Waals surface area contributed by atoms with E-state index in [2.05, 4.69) is 0 Å². The molecule has 0 spiro atoms. The molecule has 1 atom stereocenters. The molecule has 2 aliphatic heterocycles. The van der Waals surface area contributed by atoms with Gasteiger partial charge in [-0.1, -0.05) is 12.1 Å². The van der Waals surface area contributed by atoms with Gasteiger partial charge in [0.1, 0.15) is 12.4 Å². The van der Waals surface area contributed by atoms with Gasteiger partial charge >= 0.3 is 0 Å². The molecule has 0 aromatic heterocycles. The zero-order valence-corrected chi connectivity index (χ0v) is 9.40. The molecule has 2 aliphatic rings. The maximum atomic E-state index is 12.4. The molecular formula is C13H15NO2. The number of rotatable bonds is 0. The number of hydrogen-bond donors (Lipinski definition) is 0. The lowest BCUT2D eigenvalue weighted by Gasteiger charge is -2.20. The van der Waals surface area contributed by atoms with Crippen LogP contribution in [0.5, 0.6) is 5.75 Å². The van der Waals surface area contributed by atoms with E-state index in [4.69, 9.17) is 4.74 Å². The maximum Gasteiger partial charge on any atom is 0.258 e. The maximum absolute atomic E-state index is 12.4. The van der Waals surface area contributed by atoms with E-state index >= 15 is 0 Å². The van der Waals surface area contributed by atoms with Crippen LogP contribution in [-0.2, 0) is 0 Å². The van der Waals surface area contributed by atoms with Gasteiger partial charge in [0.05, 0.1) is 11.6 Å². The van der Waals surface area contributed by atoms with E-state index in [-0.39, 0.29) is 11.9 Å². The van der Waals surface area contributed by atoms with Gasteiger partial charge in [0, 0.05) is 6.54 Å². The van der Waals surface area contributed by atoms with E-state index in [0.29, 0.717) is 6.61 Å². The molecule has 3 nitrogen and oxygen atoms in total. The van der Waals surface area contributed by atoms with E-state index in [9.17, 15) is 4.79 Å². The SMILES string of the molecule is Cc1cccc2c1C(=O)N1CCC[C@H]1CO2. The third kappa shape index (κ3) is 1.31. The lowest BCUT2D eigenvalue weighted by Crippen LogP contribution is -2.36. The van der Waals surface area contributed by atoms with Crippen molar-refractivity contribution in [2.75, 3.05) is 13.2 Å². The minimum absolute atomic E-state index is 0.146. The van der Waals surface area contributed by atoms with E-state index in [1.807, 2.05) is 30.0 Å². The minimum atomic E-state index is 0.146. The average molecular weight is 217 g/mol. The highest BCUT2D eigenvalue weighted by Crippen LogP contribution is 2.31. The first-order chi connectivity index (χ1) is 7.77. The summed E-state index contributed by atoms with van der Waals surface area (Å²) in [5, 5.41) is 0. The molecule has 0 unspecified atom stereocenters. The number of carbonyl (C=O) groups excluding carboxylic acids is 1. The molecule has 3 heteroatoms. The molecular weight excluding hydrogens is 202 g/mol. The van der Waals surface area contributed by atoms with Crippen LogP contribution in [0.3, 0.4) is 0 Å². The number of benzene rings is 1. The van der Waals surface area contributed by atoms with Crippen molar-refractivity contribution in [2.45, 2.75) is 25.8 Å². The van der Waals surface area contributed by atoms with E-state index in [1.165, 1.54) is 0 Å². The Kier molecular flexibility index (Phi) is 2.13. The molecule has 0 aliphatic carbocycles. The first-order valence-electron chi connectivity index (χ1n) is 5.81. The Hall–Kier alpha value is -1.51. The van der Waals surface area contributed by atoms with E-state index in [1.54, 1.807) is 0 Å². The van der Waals surface area contributed by atoms with Gasteiger partial charge in [-0.25, -0.2) is 0 Å². The fraction of sp³-hybridized carbons (Fsp3) is 0.462. The summed E-state index contributed by atoms with van der Waals surface area (Å²) in [6.45, 7) is 3.49. The van der Waals surface area contributed by atoms with E-state index < -0.39 is 0 Å². The second kappa shape index (κ2) is 3.51. The third-order valence-electron chi connectivity index (χ3n) is 3.52. The summed E-state index contributed by atoms with van der Waals surface area (Å²) in [5.41, 5.74) is 1.77. The second-order valence-electron chi connectivity index (χ2n) is 4.55. The predicted octanol–water partition coefficient (Wildman–Crippen LogP) is 1.99. The minimum Gasteiger partial charge on any atom is -0.491 e. The molecule has 1 aromatic carbocycles. The molecule has 84 valence electrons. The lowest BCUT2D eigenvalue weighted by molar-refractivity contribution is 0.0726. The smallest absolute Gasteiger partial charge is 0.258 e. The molecule has 16 heavy (non-hydrogen) atoms. The van der Waals surface area contributed by atoms with Gasteiger partial charge in [0.2, 0.25) is 0 Å². The third-order valence-corrected chi connectivity index (χ3v) is 3.52. The fourth-order valence-electron chi connectivity index (χ4n) is 2.64. The standard InChI is InChI=1S/C13H15NO2/c1-9-4-2-6-11-12(9)13(15)14-7-3-5-10(14)8-16-11/h2,4,6,10H,3,5,7-8H2,1H3/t10-/m0/s1. The highest BCUT2D eigenvalue weighted by Gasteiger charge is 2.34. The summed E-state index contributed by atoms with van der Waals surface area (Å²) in [4.78, 5) is 14.4. The molecule has 1 amide bonds. The summed E-state index contributed by atoms with van der Waals surface area (Å²) in [6, 6.07) is 6.08. The number of amides is 1. The number of carbonyl (C=O) groups is 1. The zero-order chi connectivity index (χ0) is 11.1. The van der Waals surface area contributed by atoms with Gasteiger partial charge < -0.3 is 9.64 Å². The van der Waals surface area contributed by atoms with E-state index in [0.717, 1.165) is 36.3 Å². The summed E-state index contributed by atoms with van der Waals surface area (Å²) in [5.74, 6) is 0.896. The molecule has 3 rings (SSSR count). The van der Waals surface area contributed by atoms with Gasteiger partial charge in [-0.2, -0.15) is 0 Å². The molecule has 1 aromatic rings. The predicted molar refractivity (Wildman–Crippen MR) is 60.7 cm³/mol. The first-order valence-corrected chi connectivity index (χ1v) is 5.81. The molecule has 0 N–H and O–H groups in total. The highest BCUT2D eigenvalue weighted by molar-refractivity contribution is 5.99. The number of hydrogen-bond acceptors (Lipinski definition) is 2. The average Bonchev–Trinajstić information content (AvgIpc) is 2.69. The Bertz CT molecular complexity index is 442. The topological polar surface area (TPSA) is 29.5 Å². The van der Waals surface area contributed by atoms with Crippen LogP contribution in [0.25, 0.3) is 0 Å². The number of ether oxygens (including phenoxy) is 1. The monoisotopic (exact) mass is 217 g/mol. The first kappa shape index (κ1) is 9.70. The number of aryl methyl sites for hydroxylation is 1. The highest BCUT2D eigenvalue weighted by atomic mass is 16.5. The van der Waals surface area contributed by atoms with Crippen molar-refractivity contribution >= 4 is 5.91 Å². The Morgan fingerprint density at radius 3 is 3.19 bits per heavy atom. The Morgan fingerprint density at radius 1 is 1.44 bits per heavy atom. The zero-order valence-electron chi connectivity index (χ0n) is 9.40. The van der Waals surface area contributed by atoms with Gasteiger partial charge in [-0.3, -0.25) is 4.79 Å². The fourth-order valence-corrected chi connectivity index (χ4v) is 2.64. The molecule has 0 bridgehead atoms. The number of fused-ring (bicyclic) bond motifs is 2. The Balaban J connectivity index is 2.10. The van der Waals surface area contributed by atoms with Crippen LogP contribution in [0.4, 0.5) is 0 Å². The van der Waals surface area contributed by atoms with Crippen LogP contribution in [0.2, 0.25) is 0 Å².